The molecule has 0 saturated carbocycles. The SMILES string of the molecule is C=CC(=O)N1CCn2cccc2C1c1cccc(-c2ccc(F)cc2F)c1. The van der Waals surface area contributed by atoms with E-state index in [4.69, 9.17) is 0 Å². The minimum Gasteiger partial charge on any atom is -0.348 e. The van der Waals surface area contributed by atoms with E-state index in [1.165, 1.54) is 18.2 Å². The molecule has 1 aliphatic heterocycles. The molecule has 0 bridgehead atoms. The van der Waals surface area contributed by atoms with Crippen LogP contribution in [-0.4, -0.2) is 21.9 Å². The van der Waals surface area contributed by atoms with E-state index in [0.717, 1.165) is 17.3 Å². The van der Waals surface area contributed by atoms with E-state index in [0.29, 0.717) is 24.2 Å². The number of fused-ring (bicyclic) bond motifs is 1. The van der Waals surface area contributed by atoms with Crippen LogP contribution < -0.4 is 0 Å². The number of nitrogens with zero attached hydrogens (tertiary/aromatic N) is 2. The van der Waals surface area contributed by atoms with Crippen molar-refractivity contribution in [3.05, 3.63) is 96.3 Å². The molecule has 0 spiro atoms. The van der Waals surface area contributed by atoms with E-state index < -0.39 is 11.6 Å². The molecule has 0 aliphatic carbocycles. The molecule has 27 heavy (non-hydrogen) atoms. The lowest BCUT2D eigenvalue weighted by molar-refractivity contribution is -0.128. The predicted octanol–water partition coefficient (Wildman–Crippen LogP) is 4.55. The Morgan fingerprint density at radius 3 is 2.70 bits per heavy atom. The lowest BCUT2D eigenvalue weighted by Gasteiger charge is -2.37. The van der Waals surface area contributed by atoms with Gasteiger partial charge >= 0.3 is 0 Å². The summed E-state index contributed by atoms with van der Waals surface area (Å²) in [6.07, 6.45) is 3.30. The fraction of sp³-hybridized carbons (Fsp3) is 0.136. The largest absolute Gasteiger partial charge is 0.348 e. The summed E-state index contributed by atoms with van der Waals surface area (Å²) in [4.78, 5) is 14.2. The number of benzene rings is 2. The quantitative estimate of drug-likeness (QED) is 0.626. The molecule has 0 fully saturated rings. The Hall–Kier alpha value is -3.21. The zero-order chi connectivity index (χ0) is 19.0. The average Bonchev–Trinajstić information content (AvgIpc) is 3.15. The second-order valence-electron chi connectivity index (χ2n) is 6.51. The molecule has 1 aromatic heterocycles. The van der Waals surface area contributed by atoms with Crippen LogP contribution >= 0.6 is 0 Å². The van der Waals surface area contributed by atoms with Crippen molar-refractivity contribution < 1.29 is 13.6 Å². The van der Waals surface area contributed by atoms with E-state index >= 15 is 0 Å². The van der Waals surface area contributed by atoms with Gasteiger partial charge in [0.25, 0.3) is 0 Å². The molecule has 136 valence electrons. The molecule has 0 radical (unpaired) electrons. The van der Waals surface area contributed by atoms with Gasteiger partial charge < -0.3 is 9.47 Å². The minimum absolute atomic E-state index is 0.147. The zero-order valence-electron chi connectivity index (χ0n) is 14.6. The van der Waals surface area contributed by atoms with Gasteiger partial charge in [-0.1, -0.05) is 24.8 Å². The number of halogens is 2. The second-order valence-corrected chi connectivity index (χ2v) is 6.51. The number of rotatable bonds is 3. The van der Waals surface area contributed by atoms with Crippen LogP contribution in [0.3, 0.4) is 0 Å². The summed E-state index contributed by atoms with van der Waals surface area (Å²) in [7, 11) is 0. The summed E-state index contributed by atoms with van der Waals surface area (Å²) in [6.45, 7) is 4.88. The lowest BCUT2D eigenvalue weighted by Crippen LogP contribution is -2.41. The molecular weight excluding hydrogens is 346 g/mol. The number of aromatic nitrogens is 1. The van der Waals surface area contributed by atoms with Crippen LogP contribution in [0, 0.1) is 11.6 Å². The molecule has 0 N–H and O–H groups in total. The van der Waals surface area contributed by atoms with Crippen molar-refractivity contribution >= 4 is 5.91 Å². The highest BCUT2D eigenvalue weighted by Gasteiger charge is 2.31. The van der Waals surface area contributed by atoms with Crippen LogP contribution in [0.4, 0.5) is 8.78 Å². The third-order valence-electron chi connectivity index (χ3n) is 4.94. The van der Waals surface area contributed by atoms with E-state index in [9.17, 15) is 13.6 Å². The van der Waals surface area contributed by atoms with Crippen molar-refractivity contribution in [3.8, 4) is 11.1 Å². The van der Waals surface area contributed by atoms with Gasteiger partial charge in [-0.3, -0.25) is 4.79 Å². The molecule has 1 unspecified atom stereocenters. The van der Waals surface area contributed by atoms with Gasteiger partial charge in [0.05, 0.1) is 6.04 Å². The highest BCUT2D eigenvalue weighted by Crippen LogP contribution is 2.35. The Balaban J connectivity index is 1.82. The van der Waals surface area contributed by atoms with Crippen molar-refractivity contribution in [1.82, 2.24) is 9.47 Å². The van der Waals surface area contributed by atoms with Crippen molar-refractivity contribution in [2.75, 3.05) is 6.54 Å². The number of hydrogen-bond acceptors (Lipinski definition) is 1. The Morgan fingerprint density at radius 2 is 1.93 bits per heavy atom. The lowest BCUT2D eigenvalue weighted by atomic mass is 9.95. The minimum atomic E-state index is -0.613. The Morgan fingerprint density at radius 1 is 1.07 bits per heavy atom. The van der Waals surface area contributed by atoms with Gasteiger partial charge in [0.1, 0.15) is 11.6 Å². The van der Waals surface area contributed by atoms with Crippen molar-refractivity contribution in [2.45, 2.75) is 12.6 Å². The maximum Gasteiger partial charge on any atom is 0.246 e. The summed E-state index contributed by atoms with van der Waals surface area (Å²) in [5.74, 6) is -1.37. The number of carbonyl (C=O) groups is 1. The molecule has 4 rings (SSSR count). The van der Waals surface area contributed by atoms with Gasteiger partial charge in [-0.2, -0.15) is 0 Å². The molecular formula is C22H18F2N2O. The van der Waals surface area contributed by atoms with Gasteiger partial charge in [0, 0.05) is 36.6 Å². The molecule has 3 nitrogen and oxygen atoms in total. The molecule has 1 aliphatic rings. The van der Waals surface area contributed by atoms with Crippen LogP contribution in [0.2, 0.25) is 0 Å². The van der Waals surface area contributed by atoms with Crippen molar-refractivity contribution in [1.29, 1.82) is 0 Å². The second kappa shape index (κ2) is 6.83. The molecule has 2 heterocycles. The highest BCUT2D eigenvalue weighted by atomic mass is 19.1. The van der Waals surface area contributed by atoms with Crippen LogP contribution in [0.1, 0.15) is 17.3 Å². The first-order valence-corrected chi connectivity index (χ1v) is 8.72. The Bertz CT molecular complexity index is 1020. The van der Waals surface area contributed by atoms with Crippen LogP contribution in [-0.2, 0) is 11.3 Å². The fourth-order valence-corrected chi connectivity index (χ4v) is 3.69. The first-order valence-electron chi connectivity index (χ1n) is 8.72. The standard InChI is InChI=1S/C22H18F2N2O/c1-2-21(27)26-12-11-25-10-4-7-20(25)22(26)16-6-3-5-15(13-16)18-9-8-17(23)14-19(18)24/h2-10,13-14,22H,1,11-12H2. The summed E-state index contributed by atoms with van der Waals surface area (Å²) in [5, 5.41) is 0. The first-order chi connectivity index (χ1) is 13.1. The summed E-state index contributed by atoms with van der Waals surface area (Å²) < 4.78 is 29.6. The topological polar surface area (TPSA) is 25.2 Å². The van der Waals surface area contributed by atoms with E-state index in [1.54, 1.807) is 11.0 Å². The van der Waals surface area contributed by atoms with Crippen molar-refractivity contribution in [2.24, 2.45) is 0 Å². The number of hydrogen-bond donors (Lipinski definition) is 0. The van der Waals surface area contributed by atoms with Crippen LogP contribution in [0.15, 0.2) is 73.4 Å². The van der Waals surface area contributed by atoms with Crippen molar-refractivity contribution in [3.63, 3.8) is 0 Å². The van der Waals surface area contributed by atoms with E-state index in [-0.39, 0.29) is 11.9 Å². The van der Waals surface area contributed by atoms with Crippen LogP contribution in [0.25, 0.3) is 11.1 Å². The van der Waals surface area contributed by atoms with E-state index in [1.807, 2.05) is 36.5 Å². The number of carbonyl (C=O) groups excluding carboxylic acids is 1. The summed E-state index contributed by atoms with van der Waals surface area (Å²) in [6, 6.07) is 14.6. The van der Waals surface area contributed by atoms with E-state index in [2.05, 4.69) is 11.1 Å². The van der Waals surface area contributed by atoms with Crippen LogP contribution in [0.5, 0.6) is 0 Å². The molecule has 1 atom stereocenters. The maximum atomic E-state index is 14.2. The van der Waals surface area contributed by atoms with Gasteiger partial charge in [0.2, 0.25) is 5.91 Å². The Labute approximate surface area is 156 Å². The normalized spacial score (nSPS) is 16.1. The third kappa shape index (κ3) is 3.05. The molecule has 3 aromatic rings. The molecule has 0 saturated heterocycles. The molecule has 1 amide bonds. The summed E-state index contributed by atoms with van der Waals surface area (Å²) in [5.41, 5.74) is 2.82. The van der Waals surface area contributed by atoms with Gasteiger partial charge in [0.15, 0.2) is 0 Å². The Kier molecular flexibility index (Phi) is 4.36. The maximum absolute atomic E-state index is 14.2. The van der Waals surface area contributed by atoms with Gasteiger partial charge in [-0.25, -0.2) is 8.78 Å². The fourth-order valence-electron chi connectivity index (χ4n) is 3.69. The molecule has 2 aromatic carbocycles. The average molecular weight is 364 g/mol. The smallest absolute Gasteiger partial charge is 0.246 e. The zero-order valence-corrected chi connectivity index (χ0v) is 14.6. The third-order valence-corrected chi connectivity index (χ3v) is 4.94. The first kappa shape index (κ1) is 17.2. The highest BCUT2D eigenvalue weighted by molar-refractivity contribution is 5.87. The predicted molar refractivity (Wildman–Crippen MR) is 100.0 cm³/mol. The monoisotopic (exact) mass is 364 g/mol. The number of amides is 1. The summed E-state index contributed by atoms with van der Waals surface area (Å²) >= 11 is 0. The van der Waals surface area contributed by atoms with Gasteiger partial charge in [-0.15, -0.1) is 0 Å². The van der Waals surface area contributed by atoms with Gasteiger partial charge in [-0.05, 0) is 47.5 Å². The molecule has 5 heteroatoms.